The monoisotopic (exact) mass is 481 g/mol. The van der Waals surface area contributed by atoms with Gasteiger partial charge in [0.2, 0.25) is 5.91 Å². The number of benzene rings is 3. The van der Waals surface area contributed by atoms with E-state index < -0.39 is 27.4 Å². The molecule has 0 aliphatic heterocycles. The Labute approximate surface area is 199 Å². The molecule has 34 heavy (non-hydrogen) atoms. The van der Waals surface area contributed by atoms with E-state index in [0.29, 0.717) is 6.42 Å². The first-order valence-electron chi connectivity index (χ1n) is 10.8. The summed E-state index contributed by atoms with van der Waals surface area (Å²) in [6.07, 6.45) is 0.665. The molecule has 0 aliphatic rings. The fraction of sp³-hybridized carbons (Fsp3) is 0.240. The van der Waals surface area contributed by atoms with Crippen molar-refractivity contribution in [1.29, 1.82) is 0 Å². The third kappa shape index (κ3) is 6.20. The highest BCUT2D eigenvalue weighted by molar-refractivity contribution is 7.92. The molecule has 0 aromatic heterocycles. The quantitative estimate of drug-likeness (QED) is 0.334. The molecular formula is C25H27N3O5S. The molecule has 178 valence electrons. The van der Waals surface area contributed by atoms with Crippen LogP contribution >= 0.6 is 0 Å². The molecule has 8 nitrogen and oxygen atoms in total. The van der Waals surface area contributed by atoms with Gasteiger partial charge in [-0.2, -0.15) is 0 Å². The van der Waals surface area contributed by atoms with Crippen LogP contribution in [0.3, 0.4) is 0 Å². The van der Waals surface area contributed by atoms with E-state index in [9.17, 15) is 23.3 Å². The molecule has 9 heteroatoms. The lowest BCUT2D eigenvalue weighted by atomic mass is 9.97. The second-order valence-corrected chi connectivity index (χ2v) is 10.1. The maximum absolute atomic E-state index is 13.5. The van der Waals surface area contributed by atoms with Crippen LogP contribution in [-0.4, -0.2) is 25.8 Å². The fourth-order valence-corrected chi connectivity index (χ4v) is 5.04. The van der Waals surface area contributed by atoms with Crippen LogP contribution in [0.1, 0.15) is 31.9 Å². The number of rotatable bonds is 10. The summed E-state index contributed by atoms with van der Waals surface area (Å²) in [5, 5.41) is 14.2. The third-order valence-electron chi connectivity index (χ3n) is 5.19. The Hall–Kier alpha value is -3.72. The van der Waals surface area contributed by atoms with Crippen molar-refractivity contribution in [3.63, 3.8) is 0 Å². The molecule has 0 spiro atoms. The first-order chi connectivity index (χ1) is 16.2. The van der Waals surface area contributed by atoms with Gasteiger partial charge in [-0.1, -0.05) is 68.4 Å². The van der Waals surface area contributed by atoms with Crippen molar-refractivity contribution in [2.45, 2.75) is 31.2 Å². The van der Waals surface area contributed by atoms with Crippen molar-refractivity contribution in [2.75, 3.05) is 10.8 Å². The third-order valence-corrected chi connectivity index (χ3v) is 6.98. The molecule has 0 heterocycles. The number of carbonyl (C=O) groups excluding carboxylic acids is 1. The van der Waals surface area contributed by atoms with Crippen LogP contribution in [0, 0.1) is 16.0 Å². The van der Waals surface area contributed by atoms with Crippen LogP contribution in [0.15, 0.2) is 89.8 Å². The van der Waals surface area contributed by atoms with Gasteiger partial charge in [0.25, 0.3) is 15.7 Å². The lowest BCUT2D eigenvalue weighted by Crippen LogP contribution is -2.42. The standard InChI is InChI=1S/C25H27N3O5S/c1-19(2)16-24(20-10-5-3-6-11-20)26-25(29)18-27(21-12-9-13-22(17-21)28(30)31)34(32,33)23-14-7-4-8-15-23/h3-15,17,19,24H,16,18H2,1-2H3,(H,26,29). The van der Waals surface area contributed by atoms with Gasteiger partial charge in [0.1, 0.15) is 6.54 Å². The van der Waals surface area contributed by atoms with Crippen molar-refractivity contribution in [3.8, 4) is 0 Å². The number of carbonyl (C=O) groups is 1. The van der Waals surface area contributed by atoms with Crippen LogP contribution in [-0.2, 0) is 14.8 Å². The first-order valence-corrected chi connectivity index (χ1v) is 12.3. The predicted molar refractivity (Wildman–Crippen MR) is 131 cm³/mol. The maximum Gasteiger partial charge on any atom is 0.271 e. The van der Waals surface area contributed by atoms with Crippen molar-refractivity contribution >= 4 is 27.3 Å². The summed E-state index contributed by atoms with van der Waals surface area (Å²) >= 11 is 0. The van der Waals surface area contributed by atoms with E-state index in [0.717, 1.165) is 15.9 Å². The number of nitro benzene ring substituents is 1. The predicted octanol–water partition coefficient (Wildman–Crippen LogP) is 4.69. The van der Waals surface area contributed by atoms with Crippen molar-refractivity contribution in [3.05, 3.63) is 101 Å². The number of amides is 1. The Balaban J connectivity index is 1.96. The number of hydrogen-bond acceptors (Lipinski definition) is 5. The number of nitro groups is 1. The van der Waals surface area contributed by atoms with Gasteiger partial charge < -0.3 is 5.32 Å². The molecule has 0 saturated heterocycles. The molecular weight excluding hydrogens is 454 g/mol. The number of nitrogens with one attached hydrogen (secondary N) is 1. The molecule has 0 saturated carbocycles. The largest absolute Gasteiger partial charge is 0.348 e. The molecule has 0 bridgehead atoms. The normalized spacial score (nSPS) is 12.2. The average molecular weight is 482 g/mol. The molecule has 3 aromatic carbocycles. The van der Waals surface area contributed by atoms with E-state index in [1.807, 2.05) is 44.2 Å². The van der Waals surface area contributed by atoms with Crippen LogP contribution in [0.5, 0.6) is 0 Å². The second-order valence-electron chi connectivity index (χ2n) is 8.26. The van der Waals surface area contributed by atoms with Gasteiger partial charge in [0.15, 0.2) is 0 Å². The Morgan fingerprint density at radius 2 is 1.59 bits per heavy atom. The lowest BCUT2D eigenvalue weighted by Gasteiger charge is -2.26. The summed E-state index contributed by atoms with van der Waals surface area (Å²) in [4.78, 5) is 23.8. The zero-order valence-corrected chi connectivity index (χ0v) is 19.8. The minimum Gasteiger partial charge on any atom is -0.348 e. The van der Waals surface area contributed by atoms with E-state index in [-0.39, 0.29) is 28.2 Å². The molecule has 1 atom stereocenters. The maximum atomic E-state index is 13.5. The summed E-state index contributed by atoms with van der Waals surface area (Å²) in [5.74, 6) is -0.230. The minimum atomic E-state index is -4.17. The number of anilines is 1. The van der Waals surface area contributed by atoms with Gasteiger partial charge in [-0.15, -0.1) is 0 Å². The molecule has 1 N–H and O–H groups in total. The van der Waals surface area contributed by atoms with Crippen LogP contribution in [0.25, 0.3) is 0 Å². The number of non-ortho nitro benzene ring substituents is 1. The zero-order valence-electron chi connectivity index (χ0n) is 19.0. The first kappa shape index (κ1) is 24.9. The summed E-state index contributed by atoms with van der Waals surface area (Å²) in [5.41, 5.74) is 0.679. The smallest absolute Gasteiger partial charge is 0.271 e. The van der Waals surface area contributed by atoms with Gasteiger partial charge >= 0.3 is 0 Å². The SMILES string of the molecule is CC(C)CC(NC(=O)CN(c1cccc([N+](=O)[O-])c1)S(=O)(=O)c1ccccc1)c1ccccc1. The highest BCUT2D eigenvalue weighted by atomic mass is 32.2. The van der Waals surface area contributed by atoms with Gasteiger partial charge in [-0.05, 0) is 36.1 Å². The summed E-state index contributed by atoms with van der Waals surface area (Å²) < 4.78 is 27.8. The fourth-order valence-electron chi connectivity index (χ4n) is 3.60. The topological polar surface area (TPSA) is 110 Å². The van der Waals surface area contributed by atoms with Gasteiger partial charge in [0, 0.05) is 12.1 Å². The van der Waals surface area contributed by atoms with Gasteiger partial charge in [-0.25, -0.2) is 8.42 Å². The Kier molecular flexibility index (Phi) is 8.01. The summed E-state index contributed by atoms with van der Waals surface area (Å²) in [7, 11) is -4.17. The summed E-state index contributed by atoms with van der Waals surface area (Å²) in [6, 6.07) is 22.1. The van der Waals surface area contributed by atoms with Crippen LogP contribution < -0.4 is 9.62 Å². The van der Waals surface area contributed by atoms with E-state index in [1.165, 1.54) is 30.3 Å². The zero-order chi connectivity index (χ0) is 24.7. The molecule has 0 fully saturated rings. The number of nitrogens with zero attached hydrogens (tertiary/aromatic N) is 2. The number of hydrogen-bond donors (Lipinski definition) is 1. The highest BCUT2D eigenvalue weighted by Gasteiger charge is 2.29. The highest BCUT2D eigenvalue weighted by Crippen LogP contribution is 2.27. The molecule has 3 rings (SSSR count). The Morgan fingerprint density at radius 3 is 2.18 bits per heavy atom. The minimum absolute atomic E-state index is 0.0175. The lowest BCUT2D eigenvalue weighted by molar-refractivity contribution is -0.384. The average Bonchev–Trinajstić information content (AvgIpc) is 2.83. The Morgan fingerprint density at radius 1 is 0.971 bits per heavy atom. The number of sulfonamides is 1. The van der Waals surface area contributed by atoms with Crippen molar-refractivity contribution < 1.29 is 18.1 Å². The molecule has 1 amide bonds. The molecule has 1 unspecified atom stereocenters. The molecule has 0 radical (unpaired) electrons. The summed E-state index contributed by atoms with van der Waals surface area (Å²) in [6.45, 7) is 3.55. The van der Waals surface area contributed by atoms with Crippen LogP contribution in [0.4, 0.5) is 11.4 Å². The second kappa shape index (κ2) is 10.9. The molecule has 0 aliphatic carbocycles. The van der Waals surface area contributed by atoms with Gasteiger partial charge in [0.05, 0.1) is 21.5 Å². The van der Waals surface area contributed by atoms with Crippen molar-refractivity contribution in [2.24, 2.45) is 5.92 Å². The van der Waals surface area contributed by atoms with E-state index in [4.69, 9.17) is 0 Å². The Bertz CT molecular complexity index is 1230. The van der Waals surface area contributed by atoms with E-state index in [1.54, 1.807) is 18.2 Å². The van der Waals surface area contributed by atoms with E-state index in [2.05, 4.69) is 5.32 Å². The van der Waals surface area contributed by atoms with Gasteiger partial charge in [-0.3, -0.25) is 19.2 Å². The van der Waals surface area contributed by atoms with Crippen molar-refractivity contribution in [1.82, 2.24) is 5.32 Å². The van der Waals surface area contributed by atoms with Crippen LogP contribution in [0.2, 0.25) is 0 Å². The molecule has 3 aromatic rings. The van der Waals surface area contributed by atoms with E-state index >= 15 is 0 Å².